The molecule has 2 rings (SSSR count). The molecule has 0 spiro atoms. The predicted octanol–water partition coefficient (Wildman–Crippen LogP) is 3.86. The summed E-state index contributed by atoms with van der Waals surface area (Å²) in [6, 6.07) is 6.99. The zero-order valence-electron chi connectivity index (χ0n) is 8.58. The van der Waals surface area contributed by atoms with Gasteiger partial charge >= 0.3 is 0 Å². The number of ether oxygens (including phenoxy) is 1. The van der Waals surface area contributed by atoms with E-state index in [4.69, 9.17) is 27.9 Å². The first-order chi connectivity index (χ1) is 7.66. The van der Waals surface area contributed by atoms with Crippen LogP contribution in [0.15, 0.2) is 30.5 Å². The highest BCUT2D eigenvalue weighted by Gasteiger charge is 2.10. The highest BCUT2D eigenvalue weighted by atomic mass is 35.5. The van der Waals surface area contributed by atoms with E-state index < -0.39 is 0 Å². The average molecular weight is 257 g/mol. The topological polar surface area (TPSA) is 37.9 Å². The molecule has 84 valence electrons. The Morgan fingerprint density at radius 1 is 1.31 bits per heavy atom. The van der Waals surface area contributed by atoms with Crippen LogP contribution in [0.2, 0.25) is 10.0 Å². The molecule has 1 N–H and O–H groups in total. The summed E-state index contributed by atoms with van der Waals surface area (Å²) in [5, 5.41) is 7.79. The molecule has 0 aliphatic rings. The number of rotatable bonds is 3. The zero-order valence-corrected chi connectivity index (χ0v) is 10.1. The summed E-state index contributed by atoms with van der Waals surface area (Å²) in [6.07, 6.45) is 1.54. The third-order valence-electron chi connectivity index (χ3n) is 2.16. The lowest BCUT2D eigenvalue weighted by molar-refractivity contribution is 0.222. The van der Waals surface area contributed by atoms with E-state index in [9.17, 15) is 0 Å². The first-order valence-electron chi connectivity index (χ1n) is 4.78. The molecule has 1 aromatic carbocycles. The Labute approximate surface area is 103 Å². The Morgan fingerprint density at radius 3 is 2.75 bits per heavy atom. The molecule has 16 heavy (non-hydrogen) atoms. The van der Waals surface area contributed by atoms with Crippen molar-refractivity contribution in [3.8, 4) is 5.75 Å². The highest BCUT2D eigenvalue weighted by molar-refractivity contribution is 6.35. The Hall–Kier alpha value is -1.19. The second-order valence-corrected chi connectivity index (χ2v) is 4.19. The second kappa shape index (κ2) is 4.76. The third kappa shape index (κ3) is 2.49. The number of H-pyrrole nitrogens is 1. The number of nitrogens with one attached hydrogen (secondary N) is 1. The minimum Gasteiger partial charge on any atom is -0.483 e. The molecule has 3 nitrogen and oxygen atoms in total. The minimum atomic E-state index is -0.138. The summed E-state index contributed by atoms with van der Waals surface area (Å²) in [6.45, 7) is 1.92. The molecule has 5 heteroatoms. The van der Waals surface area contributed by atoms with Gasteiger partial charge in [0, 0.05) is 11.2 Å². The van der Waals surface area contributed by atoms with Gasteiger partial charge in [-0.2, -0.15) is 5.10 Å². The van der Waals surface area contributed by atoms with E-state index >= 15 is 0 Å². The van der Waals surface area contributed by atoms with Crippen molar-refractivity contribution >= 4 is 23.2 Å². The van der Waals surface area contributed by atoms with E-state index in [-0.39, 0.29) is 6.10 Å². The van der Waals surface area contributed by atoms with E-state index in [1.807, 2.05) is 13.0 Å². The largest absolute Gasteiger partial charge is 0.483 e. The van der Waals surface area contributed by atoms with Gasteiger partial charge in [-0.15, -0.1) is 0 Å². The number of benzene rings is 1. The van der Waals surface area contributed by atoms with Crippen LogP contribution in [0.1, 0.15) is 18.7 Å². The van der Waals surface area contributed by atoms with Crippen molar-refractivity contribution in [2.45, 2.75) is 13.0 Å². The quantitative estimate of drug-likeness (QED) is 0.906. The number of aromatic amines is 1. The van der Waals surface area contributed by atoms with Crippen molar-refractivity contribution in [3.63, 3.8) is 0 Å². The van der Waals surface area contributed by atoms with Crippen LogP contribution in [0, 0.1) is 0 Å². The summed E-state index contributed by atoms with van der Waals surface area (Å²) in [7, 11) is 0. The van der Waals surface area contributed by atoms with Gasteiger partial charge in [0.2, 0.25) is 0 Å². The van der Waals surface area contributed by atoms with Gasteiger partial charge < -0.3 is 4.74 Å². The first kappa shape index (κ1) is 11.3. The Morgan fingerprint density at radius 2 is 2.12 bits per heavy atom. The number of halogens is 2. The molecular weight excluding hydrogens is 247 g/mol. The summed E-state index contributed by atoms with van der Waals surface area (Å²) in [5.41, 5.74) is 0.894. The summed E-state index contributed by atoms with van der Waals surface area (Å²) in [5.74, 6) is 0.605. The van der Waals surface area contributed by atoms with Gasteiger partial charge in [-0.1, -0.05) is 23.2 Å². The molecule has 0 amide bonds. The van der Waals surface area contributed by atoms with Crippen LogP contribution in [-0.4, -0.2) is 10.2 Å². The van der Waals surface area contributed by atoms with E-state index in [1.165, 1.54) is 0 Å². The molecule has 0 radical (unpaired) electrons. The van der Waals surface area contributed by atoms with Crippen LogP contribution < -0.4 is 4.74 Å². The molecule has 1 aromatic heterocycles. The molecule has 0 saturated heterocycles. The maximum Gasteiger partial charge on any atom is 0.139 e. The molecular formula is C11H10Cl2N2O. The average Bonchev–Trinajstić information content (AvgIpc) is 2.75. The SMILES string of the molecule is CC(Oc1ccc(Cl)cc1Cl)c1ccn[nH]1. The van der Waals surface area contributed by atoms with Crippen LogP contribution in [0.4, 0.5) is 0 Å². The normalized spacial score (nSPS) is 12.4. The summed E-state index contributed by atoms with van der Waals surface area (Å²) in [4.78, 5) is 0. The fraction of sp³-hybridized carbons (Fsp3) is 0.182. The van der Waals surface area contributed by atoms with Crippen molar-refractivity contribution in [2.75, 3.05) is 0 Å². The lowest BCUT2D eigenvalue weighted by atomic mass is 10.3. The predicted molar refractivity (Wildman–Crippen MR) is 64.1 cm³/mol. The molecule has 0 aliphatic heterocycles. The number of hydrogen-bond donors (Lipinski definition) is 1. The number of aromatic nitrogens is 2. The van der Waals surface area contributed by atoms with Crippen molar-refractivity contribution < 1.29 is 4.74 Å². The highest BCUT2D eigenvalue weighted by Crippen LogP contribution is 2.30. The van der Waals surface area contributed by atoms with Crippen molar-refractivity contribution in [2.24, 2.45) is 0 Å². The first-order valence-corrected chi connectivity index (χ1v) is 5.53. The fourth-order valence-corrected chi connectivity index (χ4v) is 1.77. The number of hydrogen-bond acceptors (Lipinski definition) is 2. The molecule has 2 aromatic rings. The van der Waals surface area contributed by atoms with Crippen molar-refractivity contribution in [3.05, 3.63) is 46.2 Å². The van der Waals surface area contributed by atoms with Crippen LogP contribution >= 0.6 is 23.2 Å². The second-order valence-electron chi connectivity index (χ2n) is 3.35. The molecule has 0 saturated carbocycles. The summed E-state index contributed by atoms with van der Waals surface area (Å²) < 4.78 is 5.68. The summed E-state index contributed by atoms with van der Waals surface area (Å²) >= 11 is 11.8. The molecule has 1 atom stereocenters. The van der Waals surface area contributed by atoms with E-state index in [0.717, 1.165) is 5.69 Å². The molecule has 0 bridgehead atoms. The fourth-order valence-electron chi connectivity index (χ4n) is 1.32. The van der Waals surface area contributed by atoms with Gasteiger partial charge in [0.15, 0.2) is 0 Å². The van der Waals surface area contributed by atoms with E-state index in [0.29, 0.717) is 15.8 Å². The molecule has 1 unspecified atom stereocenters. The zero-order chi connectivity index (χ0) is 11.5. The molecule has 1 heterocycles. The van der Waals surface area contributed by atoms with Gasteiger partial charge in [0.25, 0.3) is 0 Å². The molecule has 0 fully saturated rings. The van der Waals surface area contributed by atoms with Crippen LogP contribution in [0.5, 0.6) is 5.75 Å². The Kier molecular flexibility index (Phi) is 3.36. The third-order valence-corrected chi connectivity index (χ3v) is 2.69. The Bertz CT molecular complexity index is 471. The van der Waals surface area contributed by atoms with Gasteiger partial charge in [0.05, 0.1) is 10.7 Å². The van der Waals surface area contributed by atoms with Crippen LogP contribution in [-0.2, 0) is 0 Å². The molecule has 0 aliphatic carbocycles. The Balaban J connectivity index is 2.15. The lowest BCUT2D eigenvalue weighted by Gasteiger charge is -2.14. The van der Waals surface area contributed by atoms with Crippen LogP contribution in [0.3, 0.4) is 0 Å². The van der Waals surface area contributed by atoms with Gasteiger partial charge in [-0.25, -0.2) is 0 Å². The van der Waals surface area contributed by atoms with Crippen molar-refractivity contribution in [1.82, 2.24) is 10.2 Å². The van der Waals surface area contributed by atoms with Gasteiger partial charge in [-0.05, 0) is 31.2 Å². The maximum atomic E-state index is 6.00. The monoisotopic (exact) mass is 256 g/mol. The van der Waals surface area contributed by atoms with E-state index in [1.54, 1.807) is 24.4 Å². The van der Waals surface area contributed by atoms with Gasteiger partial charge in [-0.3, -0.25) is 5.10 Å². The maximum absolute atomic E-state index is 6.00. The van der Waals surface area contributed by atoms with E-state index in [2.05, 4.69) is 10.2 Å². The van der Waals surface area contributed by atoms with Crippen molar-refractivity contribution in [1.29, 1.82) is 0 Å². The number of nitrogens with zero attached hydrogens (tertiary/aromatic N) is 1. The van der Waals surface area contributed by atoms with Gasteiger partial charge in [0.1, 0.15) is 11.9 Å². The minimum absolute atomic E-state index is 0.138. The van der Waals surface area contributed by atoms with Crippen LogP contribution in [0.25, 0.3) is 0 Å². The smallest absolute Gasteiger partial charge is 0.139 e. The standard InChI is InChI=1S/C11H10Cl2N2O/c1-7(10-4-5-14-15-10)16-11-3-2-8(12)6-9(11)13/h2-7H,1H3,(H,14,15). The lowest BCUT2D eigenvalue weighted by Crippen LogP contribution is -2.03.